The van der Waals surface area contributed by atoms with Gasteiger partial charge in [-0.1, -0.05) is 31.9 Å². The molecule has 2 nitrogen and oxygen atoms in total. The number of furan rings is 1. The highest BCUT2D eigenvalue weighted by Crippen LogP contribution is 2.32. The topological polar surface area (TPSA) is 25.2 Å². The zero-order valence-corrected chi connectivity index (χ0v) is 13.5. The van der Waals surface area contributed by atoms with Gasteiger partial charge >= 0.3 is 0 Å². The normalized spacial score (nSPS) is 12.7. The average Bonchev–Trinajstić information content (AvgIpc) is 2.80. The van der Waals surface area contributed by atoms with Crippen LogP contribution in [0.5, 0.6) is 0 Å². The zero-order chi connectivity index (χ0) is 13.1. The van der Waals surface area contributed by atoms with Crippen molar-refractivity contribution in [3.05, 3.63) is 45.0 Å². The Hall–Kier alpha value is -0.580. The summed E-state index contributed by atoms with van der Waals surface area (Å²) in [5.74, 6) is 1.89. The minimum atomic E-state index is 0.412. The highest BCUT2D eigenvalue weighted by atomic mass is 79.9. The van der Waals surface area contributed by atoms with Crippen LogP contribution in [0.2, 0.25) is 0 Å². The van der Waals surface area contributed by atoms with Crippen LogP contribution in [-0.4, -0.2) is 13.1 Å². The Morgan fingerprint density at radius 2 is 2.00 bits per heavy atom. The van der Waals surface area contributed by atoms with Crippen LogP contribution < -0.4 is 5.32 Å². The molecule has 2 rings (SSSR count). The molecule has 18 heavy (non-hydrogen) atoms. The Morgan fingerprint density at radius 1 is 1.22 bits per heavy atom. The van der Waals surface area contributed by atoms with Crippen molar-refractivity contribution < 1.29 is 4.42 Å². The van der Waals surface area contributed by atoms with Gasteiger partial charge in [-0.15, -0.1) is 0 Å². The quantitative estimate of drug-likeness (QED) is 0.846. The molecule has 2 aromatic rings. The van der Waals surface area contributed by atoms with Gasteiger partial charge in [-0.25, -0.2) is 0 Å². The first-order valence-corrected chi connectivity index (χ1v) is 7.40. The summed E-state index contributed by atoms with van der Waals surface area (Å²) in [6, 6.07) is 10.5. The van der Waals surface area contributed by atoms with Crippen LogP contribution in [0.3, 0.4) is 0 Å². The van der Waals surface area contributed by atoms with Gasteiger partial charge in [-0.05, 0) is 44.3 Å². The number of hydrogen-bond acceptors (Lipinski definition) is 2. The molecule has 0 radical (unpaired) electrons. The monoisotopic (exact) mass is 371 g/mol. The van der Waals surface area contributed by atoms with Crippen LogP contribution in [0.25, 0.3) is 11.3 Å². The Kier molecular flexibility index (Phi) is 4.65. The number of nitrogens with one attached hydrogen (secondary N) is 1. The number of likely N-dealkylation sites (N-methyl/N-ethyl adjacent to an activating group) is 1. The summed E-state index contributed by atoms with van der Waals surface area (Å²) in [5.41, 5.74) is 1.06. The second-order valence-corrected chi connectivity index (χ2v) is 6.05. The fourth-order valence-electron chi connectivity index (χ4n) is 1.72. The van der Waals surface area contributed by atoms with E-state index in [0.717, 1.165) is 32.5 Å². The second-order valence-electron chi connectivity index (χ2n) is 4.28. The van der Waals surface area contributed by atoms with E-state index in [1.807, 2.05) is 37.4 Å². The molecule has 0 bridgehead atoms. The molecule has 0 amide bonds. The van der Waals surface area contributed by atoms with E-state index < -0.39 is 0 Å². The van der Waals surface area contributed by atoms with E-state index in [4.69, 9.17) is 4.42 Å². The fourth-order valence-corrected chi connectivity index (χ4v) is 2.53. The standard InChI is InChI=1S/C14H15Br2NO/c1-9(17-2)7-11-4-6-14(18-11)12-8-10(15)3-5-13(12)16/h3-6,8-9,17H,7H2,1-2H3. The first-order chi connectivity index (χ1) is 8.60. The third kappa shape index (κ3) is 3.25. The SMILES string of the molecule is CNC(C)Cc1ccc(-c2cc(Br)ccc2Br)o1. The van der Waals surface area contributed by atoms with E-state index in [0.29, 0.717) is 6.04 Å². The fraction of sp³-hybridized carbons (Fsp3) is 0.286. The summed E-state index contributed by atoms with van der Waals surface area (Å²) in [7, 11) is 1.96. The number of halogens is 2. The molecule has 0 aliphatic carbocycles. The zero-order valence-electron chi connectivity index (χ0n) is 10.3. The summed E-state index contributed by atoms with van der Waals surface area (Å²) in [6.07, 6.45) is 0.891. The summed E-state index contributed by atoms with van der Waals surface area (Å²) in [4.78, 5) is 0. The number of benzene rings is 1. The molecule has 0 aliphatic rings. The second kappa shape index (κ2) is 6.04. The summed E-state index contributed by atoms with van der Waals surface area (Å²) in [5, 5.41) is 3.21. The van der Waals surface area contributed by atoms with E-state index in [9.17, 15) is 0 Å². The van der Waals surface area contributed by atoms with E-state index >= 15 is 0 Å². The van der Waals surface area contributed by atoms with Gasteiger partial charge < -0.3 is 9.73 Å². The van der Waals surface area contributed by atoms with E-state index in [1.165, 1.54) is 0 Å². The van der Waals surface area contributed by atoms with Crippen LogP contribution in [0, 0.1) is 0 Å². The van der Waals surface area contributed by atoms with Crippen molar-refractivity contribution in [3.8, 4) is 11.3 Å². The van der Waals surface area contributed by atoms with Gasteiger partial charge in [0, 0.05) is 27.0 Å². The molecule has 0 saturated carbocycles. The van der Waals surface area contributed by atoms with Crippen LogP contribution >= 0.6 is 31.9 Å². The van der Waals surface area contributed by atoms with Gasteiger partial charge in [0.25, 0.3) is 0 Å². The first kappa shape index (κ1) is 13.8. The molecule has 1 unspecified atom stereocenters. The average molecular weight is 373 g/mol. The van der Waals surface area contributed by atoms with Gasteiger partial charge in [0.2, 0.25) is 0 Å². The maximum Gasteiger partial charge on any atom is 0.135 e. The number of rotatable bonds is 4. The molecule has 1 heterocycles. The third-order valence-corrected chi connectivity index (χ3v) is 4.04. The molecule has 0 aliphatic heterocycles. The van der Waals surface area contributed by atoms with Gasteiger partial charge in [0.05, 0.1) is 0 Å². The lowest BCUT2D eigenvalue weighted by Gasteiger charge is -2.07. The molecule has 4 heteroatoms. The Balaban J connectivity index is 2.26. The maximum atomic E-state index is 5.89. The van der Waals surface area contributed by atoms with Crippen molar-refractivity contribution in [2.24, 2.45) is 0 Å². The first-order valence-electron chi connectivity index (χ1n) is 5.81. The molecule has 1 N–H and O–H groups in total. The van der Waals surface area contributed by atoms with Gasteiger partial charge in [0.1, 0.15) is 11.5 Å². The van der Waals surface area contributed by atoms with Gasteiger partial charge in [-0.2, -0.15) is 0 Å². The molecule has 0 saturated heterocycles. The van der Waals surface area contributed by atoms with Crippen LogP contribution in [-0.2, 0) is 6.42 Å². The van der Waals surface area contributed by atoms with E-state index in [-0.39, 0.29) is 0 Å². The van der Waals surface area contributed by atoms with Crippen molar-refractivity contribution in [2.45, 2.75) is 19.4 Å². The van der Waals surface area contributed by atoms with Crippen molar-refractivity contribution in [3.63, 3.8) is 0 Å². The lowest BCUT2D eigenvalue weighted by atomic mass is 10.2. The Morgan fingerprint density at radius 3 is 2.72 bits per heavy atom. The molecule has 0 fully saturated rings. The maximum absolute atomic E-state index is 5.89. The molecule has 1 aromatic heterocycles. The lowest BCUT2D eigenvalue weighted by molar-refractivity contribution is 0.481. The van der Waals surface area contributed by atoms with Crippen molar-refractivity contribution >= 4 is 31.9 Å². The minimum absolute atomic E-state index is 0.412. The van der Waals surface area contributed by atoms with Crippen molar-refractivity contribution in [1.82, 2.24) is 5.32 Å². The molecular weight excluding hydrogens is 358 g/mol. The molecule has 1 aromatic carbocycles. The van der Waals surface area contributed by atoms with Crippen LogP contribution in [0.1, 0.15) is 12.7 Å². The number of hydrogen-bond donors (Lipinski definition) is 1. The van der Waals surface area contributed by atoms with Gasteiger partial charge in [-0.3, -0.25) is 0 Å². The molecular formula is C14H15Br2NO. The summed E-state index contributed by atoms with van der Waals surface area (Å²) >= 11 is 7.03. The largest absolute Gasteiger partial charge is 0.461 e. The predicted molar refractivity (Wildman–Crippen MR) is 81.8 cm³/mol. The van der Waals surface area contributed by atoms with E-state index in [1.54, 1.807) is 0 Å². The van der Waals surface area contributed by atoms with Crippen LogP contribution in [0.15, 0.2) is 43.7 Å². The van der Waals surface area contributed by atoms with Crippen molar-refractivity contribution in [2.75, 3.05) is 7.05 Å². The minimum Gasteiger partial charge on any atom is -0.461 e. The highest BCUT2D eigenvalue weighted by molar-refractivity contribution is 9.11. The summed E-state index contributed by atoms with van der Waals surface area (Å²) < 4.78 is 7.97. The Bertz CT molecular complexity index is 536. The highest BCUT2D eigenvalue weighted by Gasteiger charge is 2.10. The lowest BCUT2D eigenvalue weighted by Crippen LogP contribution is -2.23. The molecule has 1 atom stereocenters. The van der Waals surface area contributed by atoms with Crippen LogP contribution in [0.4, 0.5) is 0 Å². The summed E-state index contributed by atoms with van der Waals surface area (Å²) in [6.45, 7) is 2.14. The van der Waals surface area contributed by atoms with Gasteiger partial charge in [0.15, 0.2) is 0 Å². The predicted octanol–water partition coefficient (Wildman–Crippen LogP) is 4.62. The molecule has 96 valence electrons. The third-order valence-electron chi connectivity index (χ3n) is 2.86. The van der Waals surface area contributed by atoms with Crippen molar-refractivity contribution in [1.29, 1.82) is 0 Å². The Labute approximate surface area is 124 Å². The molecule has 0 spiro atoms. The smallest absolute Gasteiger partial charge is 0.135 e. The van der Waals surface area contributed by atoms with E-state index in [2.05, 4.69) is 44.1 Å².